The number of nitrogens with zero attached hydrogens (tertiary/aromatic N) is 2. The number of benzene rings is 4. The summed E-state index contributed by atoms with van der Waals surface area (Å²) >= 11 is 0. The Morgan fingerprint density at radius 2 is 1.19 bits per heavy atom. The first kappa shape index (κ1) is 23.8. The summed E-state index contributed by atoms with van der Waals surface area (Å²) in [6, 6.07) is 44.6. The maximum absolute atomic E-state index is 4.97. The van der Waals surface area contributed by atoms with Crippen LogP contribution >= 0.6 is 0 Å². The van der Waals surface area contributed by atoms with Gasteiger partial charge in [-0.25, -0.2) is 0 Å². The Balaban J connectivity index is 1.42. The van der Waals surface area contributed by atoms with Crippen molar-refractivity contribution >= 4 is 31.5 Å². The first-order valence-corrected chi connectivity index (χ1v) is 15.8. The Labute approximate surface area is 222 Å². The molecule has 1 heterocycles. The third-order valence-electron chi connectivity index (χ3n) is 8.39. The fourth-order valence-electron chi connectivity index (χ4n) is 6.25. The van der Waals surface area contributed by atoms with Crippen LogP contribution in [0.2, 0.25) is 5.54 Å². The molecule has 4 heteroatoms. The van der Waals surface area contributed by atoms with Gasteiger partial charge in [-0.1, -0.05) is 151 Å². The number of hydrogen-bond acceptors (Lipinski definition) is 1. The van der Waals surface area contributed by atoms with E-state index in [2.05, 4.69) is 132 Å². The molecule has 0 bridgehead atoms. The summed E-state index contributed by atoms with van der Waals surface area (Å²) in [5, 5.41) is 3.10. The van der Waals surface area contributed by atoms with Gasteiger partial charge in [-0.15, -0.1) is 0 Å². The highest BCUT2D eigenvalue weighted by atomic mass is 28.3. The highest BCUT2D eigenvalue weighted by Crippen LogP contribution is 2.41. The lowest BCUT2D eigenvalue weighted by Crippen LogP contribution is -2.66. The molecule has 0 amide bonds. The Kier molecular flexibility index (Phi) is 6.92. The van der Waals surface area contributed by atoms with Crippen LogP contribution in [0.3, 0.4) is 0 Å². The minimum absolute atomic E-state index is 0.275. The minimum atomic E-state index is -2.09. The van der Waals surface area contributed by atoms with Crippen molar-refractivity contribution in [2.75, 3.05) is 0 Å². The summed E-state index contributed by atoms with van der Waals surface area (Å²) in [6.07, 6.45) is 9.29. The molecule has 0 aliphatic heterocycles. The van der Waals surface area contributed by atoms with Crippen molar-refractivity contribution in [3.05, 3.63) is 145 Å². The summed E-state index contributed by atoms with van der Waals surface area (Å²) in [5.41, 5.74) is 4.63. The van der Waals surface area contributed by atoms with Gasteiger partial charge in [0.2, 0.25) is 7.28 Å². The molecular weight excluding hydrogens is 463 g/mol. The maximum atomic E-state index is 4.97. The van der Waals surface area contributed by atoms with Crippen LogP contribution in [0.15, 0.2) is 134 Å². The van der Waals surface area contributed by atoms with Crippen LogP contribution in [0.1, 0.15) is 36.2 Å². The first-order valence-electron chi connectivity index (χ1n) is 13.6. The van der Waals surface area contributed by atoms with E-state index in [-0.39, 0.29) is 5.82 Å². The lowest BCUT2D eigenvalue weighted by Gasteiger charge is -2.45. The van der Waals surface area contributed by atoms with E-state index in [0.29, 0.717) is 0 Å². The summed E-state index contributed by atoms with van der Waals surface area (Å²) in [6.45, 7) is 0. The van der Waals surface area contributed by atoms with E-state index in [1.165, 1.54) is 36.1 Å². The molecule has 0 radical (unpaired) electrons. The zero-order valence-corrected chi connectivity index (χ0v) is 22.3. The fourth-order valence-corrected chi connectivity index (χ4v) is 11.9. The molecule has 6 rings (SSSR count). The van der Waals surface area contributed by atoms with Crippen LogP contribution in [0.5, 0.6) is 0 Å². The van der Waals surface area contributed by atoms with Gasteiger partial charge in [0.1, 0.15) is 8.07 Å². The molecule has 2 nitrogen and oxygen atoms in total. The molecule has 1 fully saturated rings. The Hall–Kier alpha value is -3.63. The van der Waals surface area contributed by atoms with E-state index in [0.717, 1.165) is 19.0 Å². The predicted octanol–water partition coefficient (Wildman–Crippen LogP) is 5.09. The number of rotatable bonds is 9. The molecule has 0 atom stereocenters. The Bertz CT molecular complexity index is 1320. The fraction of sp³-hybridized carbons (Fsp3) is 0.182. The number of aromatic nitrogens is 2. The molecule has 4 aromatic carbocycles. The molecule has 0 N–H and O–H groups in total. The second kappa shape index (κ2) is 10.8. The molecular formula is C33H33BN2Si. The van der Waals surface area contributed by atoms with Gasteiger partial charge in [-0.2, -0.15) is 0 Å². The first-order chi connectivity index (χ1) is 18.3. The second-order valence-electron chi connectivity index (χ2n) is 10.4. The van der Waals surface area contributed by atoms with Crippen LogP contribution in [-0.2, 0) is 6.17 Å². The van der Waals surface area contributed by atoms with Crippen molar-refractivity contribution < 1.29 is 0 Å². The largest absolute Gasteiger partial charge is 0.345 e. The van der Waals surface area contributed by atoms with E-state index in [1.54, 1.807) is 10.4 Å². The topological polar surface area (TPSA) is 17.8 Å². The maximum Gasteiger partial charge on any atom is 0.217 e. The zero-order valence-electron chi connectivity index (χ0n) is 21.3. The van der Waals surface area contributed by atoms with Gasteiger partial charge in [0, 0.05) is 18.6 Å². The SMILES string of the molecule is B(c1nccn1C[Si](c1ccccc1)(c1ccccc1)C1CCC1)C(c1ccccc1)c1ccccc1. The highest BCUT2D eigenvalue weighted by Gasteiger charge is 2.47. The normalized spacial score (nSPS) is 13.9. The molecule has 0 spiro atoms. The Morgan fingerprint density at radius 3 is 1.65 bits per heavy atom. The lowest BCUT2D eigenvalue weighted by molar-refractivity contribution is 0.485. The zero-order chi connectivity index (χ0) is 24.9. The second-order valence-corrected chi connectivity index (χ2v) is 14.6. The quantitative estimate of drug-likeness (QED) is 0.260. The van der Waals surface area contributed by atoms with Gasteiger partial charge >= 0.3 is 0 Å². The summed E-state index contributed by atoms with van der Waals surface area (Å²) < 4.78 is 2.50. The van der Waals surface area contributed by atoms with Crippen molar-refractivity contribution in [1.82, 2.24) is 9.55 Å². The van der Waals surface area contributed by atoms with Gasteiger partial charge in [-0.05, 0) is 22.5 Å². The molecule has 0 unspecified atom stereocenters. The Morgan fingerprint density at radius 1 is 0.703 bits per heavy atom. The summed E-state index contributed by atoms with van der Waals surface area (Å²) in [7, 11) is -1.20. The van der Waals surface area contributed by atoms with E-state index < -0.39 is 8.07 Å². The van der Waals surface area contributed by atoms with E-state index in [1.807, 2.05) is 6.20 Å². The van der Waals surface area contributed by atoms with Gasteiger partial charge in [0.25, 0.3) is 0 Å². The smallest absolute Gasteiger partial charge is 0.217 e. The van der Waals surface area contributed by atoms with Crippen LogP contribution in [0.25, 0.3) is 0 Å². The predicted molar refractivity (Wildman–Crippen MR) is 159 cm³/mol. The van der Waals surface area contributed by atoms with Crippen molar-refractivity contribution in [3.8, 4) is 0 Å². The van der Waals surface area contributed by atoms with Crippen molar-refractivity contribution in [2.24, 2.45) is 0 Å². The molecule has 5 aromatic rings. The van der Waals surface area contributed by atoms with Crippen molar-refractivity contribution in [1.29, 1.82) is 0 Å². The van der Waals surface area contributed by atoms with Crippen LogP contribution in [0, 0.1) is 0 Å². The summed E-state index contributed by atoms with van der Waals surface area (Å²) in [4.78, 5) is 4.97. The molecule has 37 heavy (non-hydrogen) atoms. The van der Waals surface area contributed by atoms with Crippen molar-refractivity contribution in [2.45, 2.75) is 36.8 Å². The van der Waals surface area contributed by atoms with Crippen LogP contribution in [0.4, 0.5) is 0 Å². The molecule has 0 saturated heterocycles. The molecule has 1 saturated carbocycles. The number of imidazole rings is 1. The molecule has 1 aromatic heterocycles. The number of hydrogen-bond donors (Lipinski definition) is 0. The van der Waals surface area contributed by atoms with Crippen LogP contribution in [-0.4, -0.2) is 24.9 Å². The average molecular weight is 497 g/mol. The minimum Gasteiger partial charge on any atom is -0.345 e. The van der Waals surface area contributed by atoms with Gasteiger partial charge in [0.05, 0.1) is 5.72 Å². The van der Waals surface area contributed by atoms with Crippen LogP contribution < -0.4 is 16.1 Å². The molecule has 182 valence electrons. The van der Waals surface area contributed by atoms with E-state index in [9.17, 15) is 0 Å². The monoisotopic (exact) mass is 496 g/mol. The van der Waals surface area contributed by atoms with E-state index >= 15 is 0 Å². The highest BCUT2D eigenvalue weighted by molar-refractivity contribution is 7.02. The van der Waals surface area contributed by atoms with E-state index in [4.69, 9.17) is 4.98 Å². The van der Waals surface area contributed by atoms with Crippen molar-refractivity contribution in [3.63, 3.8) is 0 Å². The van der Waals surface area contributed by atoms with Gasteiger partial charge < -0.3 is 4.57 Å². The third kappa shape index (κ3) is 4.74. The third-order valence-corrected chi connectivity index (χ3v) is 13.9. The molecule has 1 aliphatic carbocycles. The van der Waals surface area contributed by atoms with Gasteiger partial charge in [-0.3, -0.25) is 4.98 Å². The average Bonchev–Trinajstić information content (AvgIpc) is 3.38. The lowest BCUT2D eigenvalue weighted by atomic mass is 9.58. The standard InChI is InChI=1S/C33H33BN2Si/c1-5-14-27(15-6-1)32(28-16-7-2-8-17-28)34-33-35-24-25-36(33)26-37(31-22-13-23-31,29-18-9-3-10-19-29)30-20-11-4-12-21-30/h1-12,14-21,24-25,31-32,34H,13,22-23,26H2. The van der Waals surface area contributed by atoms with Gasteiger partial charge in [0.15, 0.2) is 0 Å². The summed E-state index contributed by atoms with van der Waals surface area (Å²) in [5.74, 6) is 0.275. The molecule has 1 aliphatic rings.